The maximum Gasteiger partial charge on any atom is 0.409 e. The van der Waals surface area contributed by atoms with Crippen LogP contribution in [0.4, 0.5) is 10.5 Å². The molecule has 1 aromatic carbocycles. The minimum Gasteiger partial charge on any atom is -0.495 e. The van der Waals surface area contributed by atoms with Crippen molar-refractivity contribution in [2.24, 2.45) is 17.8 Å². The number of fused-ring (bicyclic) bond motifs is 5. The molecule has 17 nitrogen and oxygen atoms in total. The molecule has 3 saturated heterocycles. The number of nitrogens with zero attached hydrogens (tertiary/aromatic N) is 3. The summed E-state index contributed by atoms with van der Waals surface area (Å²) < 4.78 is 29.4. The molecule has 0 spiro atoms. The molecule has 10 atom stereocenters. The molecule has 1 aliphatic carbocycles. The second kappa shape index (κ2) is 21.6. The highest BCUT2D eigenvalue weighted by Crippen LogP contribution is 2.49. The fraction of sp³-hybridized carbons (Fsp3) is 0.667. The number of esters is 1. The number of benzene rings is 1. The number of carbonyl (C=O) groups excluding carboxylic acids is 6. The van der Waals surface area contributed by atoms with E-state index in [1.54, 1.807) is 52.1 Å². The third-order valence-electron chi connectivity index (χ3n) is 14.4. The van der Waals surface area contributed by atoms with Crippen molar-refractivity contribution in [3.8, 4) is 5.75 Å². The van der Waals surface area contributed by atoms with Gasteiger partial charge in [0.15, 0.2) is 5.72 Å². The van der Waals surface area contributed by atoms with Crippen LogP contribution in [0.3, 0.4) is 0 Å². The molecule has 4 aliphatic heterocycles. The van der Waals surface area contributed by atoms with Crippen molar-refractivity contribution in [1.82, 2.24) is 15.1 Å². The second-order valence-electron chi connectivity index (χ2n) is 19.1. The van der Waals surface area contributed by atoms with Crippen LogP contribution in [0.25, 0.3) is 0 Å². The van der Waals surface area contributed by atoms with E-state index in [2.05, 4.69) is 5.32 Å². The Kier molecular flexibility index (Phi) is 16.8. The number of nitrogens with one attached hydrogen (secondary N) is 1. The van der Waals surface area contributed by atoms with Crippen LogP contribution in [0.2, 0.25) is 5.02 Å². The summed E-state index contributed by atoms with van der Waals surface area (Å²) in [5.41, 5.74) is -1.10. The first-order chi connectivity index (χ1) is 31.6. The van der Waals surface area contributed by atoms with Gasteiger partial charge in [-0.2, -0.15) is 11.8 Å². The van der Waals surface area contributed by atoms with Crippen molar-refractivity contribution in [3.63, 3.8) is 0 Å². The van der Waals surface area contributed by atoms with Gasteiger partial charge in [-0.1, -0.05) is 42.3 Å². The Morgan fingerprint density at radius 1 is 1.10 bits per heavy atom. The summed E-state index contributed by atoms with van der Waals surface area (Å²) in [6, 6.07) is 2.46. The third-order valence-corrected chi connectivity index (χ3v) is 16.1. The van der Waals surface area contributed by atoms with Crippen LogP contribution in [0.1, 0.15) is 91.5 Å². The number of hydrogen-bond donors (Lipinski definition) is 3. The van der Waals surface area contributed by atoms with Crippen LogP contribution in [0.5, 0.6) is 5.75 Å². The number of methoxy groups -OCH3 is 2. The van der Waals surface area contributed by atoms with Gasteiger partial charge >= 0.3 is 12.1 Å². The molecule has 370 valence electrons. The van der Waals surface area contributed by atoms with E-state index in [1.807, 2.05) is 13.0 Å². The van der Waals surface area contributed by atoms with Crippen molar-refractivity contribution < 1.29 is 62.7 Å². The summed E-state index contributed by atoms with van der Waals surface area (Å²) in [6.07, 6.45) is 2.94. The number of alkyl carbamates (subject to hydrolysis) is 1. The van der Waals surface area contributed by atoms with Gasteiger partial charge in [0.25, 0.3) is 0 Å². The van der Waals surface area contributed by atoms with E-state index in [0.29, 0.717) is 24.4 Å². The Balaban J connectivity index is 1.16. The Morgan fingerprint density at radius 2 is 1.81 bits per heavy atom. The highest BCUT2D eigenvalue weighted by Gasteiger charge is 2.64. The molecule has 4 bridgehead atoms. The first kappa shape index (κ1) is 52.2. The molecule has 4 heterocycles. The Labute approximate surface area is 402 Å². The normalized spacial score (nSPS) is 34.2. The molecule has 6 rings (SSSR count). The topological polar surface area (TPSA) is 214 Å². The number of aliphatic hydroxyl groups is 2. The predicted octanol–water partition coefficient (Wildman–Crippen LogP) is 4.95. The van der Waals surface area contributed by atoms with Gasteiger partial charge in [-0.3, -0.25) is 24.5 Å². The highest BCUT2D eigenvalue weighted by molar-refractivity contribution is 8.00. The molecule has 19 heteroatoms. The van der Waals surface area contributed by atoms with E-state index in [9.17, 15) is 39.0 Å². The van der Waals surface area contributed by atoms with Gasteiger partial charge in [0.05, 0.1) is 30.6 Å². The lowest BCUT2D eigenvalue weighted by Crippen LogP contribution is -2.63. The Hall–Kier alpha value is -4.20. The molecule has 67 heavy (non-hydrogen) atoms. The first-order valence-electron chi connectivity index (χ1n) is 23.0. The number of epoxide rings is 1. The smallest absolute Gasteiger partial charge is 0.409 e. The van der Waals surface area contributed by atoms with Crippen LogP contribution in [-0.2, 0) is 49.3 Å². The number of thioether (sulfide) groups is 1. The SMILES string of the molecule is COc1cc2cc(c1Cl)N(C)C(=O)C[C@H](OC(=O)[C@H](C)N(C)C(=O)CCS[C@H]1CC(=O)N(CC3CCC(C(C)=O)CC3)C1O)[C@]1(C)O[C@H]1[C@H](C)[C@@H]1C[C@@](O)(NC(=O)O1)[C@H](OC)/C=C/C=C(\C)C2. The average molecular weight is 976 g/mol. The number of rotatable bonds is 12. The summed E-state index contributed by atoms with van der Waals surface area (Å²) in [5.74, 6) is -1.25. The summed E-state index contributed by atoms with van der Waals surface area (Å²) in [5, 5.41) is 25.2. The monoisotopic (exact) mass is 974 g/mol. The third kappa shape index (κ3) is 11.8. The number of allylic oxidation sites excluding steroid dienone is 3. The zero-order chi connectivity index (χ0) is 49.1. The second-order valence-corrected chi connectivity index (χ2v) is 20.8. The standard InChI is InChI=1S/C48H67ClN4O13S/c1-26-11-10-12-37(63-9)48(61)24-35(64-46(60)50-48)27(2)43-47(5,66-43)38(23-40(56)52(7)33-20-31(19-26)21-34(62-8)42(33)49)65-45(59)28(3)51(6)39(55)17-18-67-36-22-41(57)53(44(36)58)25-30-13-15-32(16-14-30)29(4)54/h10-12,20-21,27-28,30,32,35-38,43-44,58,61H,13-19,22-25H2,1-9H3,(H,50,60)/b12-10+,26-11+/t27-,28+,30?,32?,35+,36+,37-,38+,43+,44?,47+,48+/m1/s1. The minimum absolute atomic E-state index is 0.0119. The van der Waals surface area contributed by atoms with Crippen molar-refractivity contribution in [2.75, 3.05) is 45.5 Å². The fourth-order valence-corrected chi connectivity index (χ4v) is 11.3. The fourth-order valence-electron chi connectivity index (χ4n) is 9.82. The zero-order valence-corrected chi connectivity index (χ0v) is 41.5. The number of likely N-dealkylation sites (N-methyl/N-ethyl adjacent to an activating group) is 1. The predicted molar refractivity (Wildman–Crippen MR) is 250 cm³/mol. The summed E-state index contributed by atoms with van der Waals surface area (Å²) >= 11 is 8.14. The summed E-state index contributed by atoms with van der Waals surface area (Å²) in [4.78, 5) is 83.9. The van der Waals surface area contributed by atoms with Gasteiger partial charge < -0.3 is 48.6 Å². The quantitative estimate of drug-likeness (QED) is 0.187. The van der Waals surface area contributed by atoms with Crippen LogP contribution < -0.4 is 15.0 Å². The summed E-state index contributed by atoms with van der Waals surface area (Å²) in [6.45, 7) is 8.96. The van der Waals surface area contributed by atoms with E-state index in [4.69, 9.17) is 35.3 Å². The van der Waals surface area contributed by atoms with Gasteiger partial charge in [-0.25, -0.2) is 9.59 Å². The van der Waals surface area contributed by atoms with Crippen molar-refractivity contribution in [2.45, 2.75) is 146 Å². The first-order valence-corrected chi connectivity index (χ1v) is 24.5. The number of Topliss-reactive ketones (excluding diaryl/α,β-unsaturated/α-hetero) is 1. The number of ketones is 1. The molecular formula is C48H67ClN4O13S. The van der Waals surface area contributed by atoms with Crippen molar-refractivity contribution in [1.29, 1.82) is 0 Å². The molecule has 3 N–H and O–H groups in total. The molecule has 1 unspecified atom stereocenters. The number of anilines is 1. The molecule has 0 radical (unpaired) electrons. The van der Waals surface area contributed by atoms with Crippen molar-refractivity contribution >= 4 is 64.6 Å². The van der Waals surface area contributed by atoms with Crippen LogP contribution in [0.15, 0.2) is 35.9 Å². The lowest BCUT2D eigenvalue weighted by molar-refractivity contribution is -0.162. The lowest BCUT2D eigenvalue weighted by Gasteiger charge is -2.42. The van der Waals surface area contributed by atoms with Crippen LogP contribution >= 0.6 is 23.4 Å². The molecular weight excluding hydrogens is 908 g/mol. The number of halogens is 1. The number of hydrogen-bond acceptors (Lipinski definition) is 14. The van der Waals surface area contributed by atoms with Gasteiger partial charge in [-0.05, 0) is 83.4 Å². The number of amides is 4. The number of carbonyl (C=O) groups is 6. The maximum atomic E-state index is 14.3. The lowest BCUT2D eigenvalue weighted by atomic mass is 9.80. The summed E-state index contributed by atoms with van der Waals surface area (Å²) in [7, 11) is 5.94. The molecule has 1 saturated carbocycles. The molecule has 1 aromatic rings. The van der Waals surface area contributed by atoms with Gasteiger partial charge in [0.1, 0.15) is 52.7 Å². The zero-order valence-electron chi connectivity index (χ0n) is 40.0. The molecule has 4 amide bonds. The number of likely N-dealkylation sites (tertiary alicyclic amines) is 1. The van der Waals surface area contributed by atoms with E-state index >= 15 is 0 Å². The van der Waals surface area contributed by atoms with E-state index in [0.717, 1.165) is 36.8 Å². The van der Waals surface area contributed by atoms with Gasteiger partial charge in [-0.15, -0.1) is 0 Å². The Bertz CT molecular complexity index is 2120. The van der Waals surface area contributed by atoms with Crippen LogP contribution in [-0.4, -0.2) is 149 Å². The molecule has 0 aromatic heterocycles. The number of ether oxygens (including phenoxy) is 5. The minimum atomic E-state index is -1.87. The van der Waals surface area contributed by atoms with E-state index in [1.165, 1.54) is 54.7 Å². The molecule has 5 aliphatic rings. The largest absolute Gasteiger partial charge is 0.495 e. The van der Waals surface area contributed by atoms with E-state index in [-0.39, 0.29) is 65.9 Å². The Morgan fingerprint density at radius 3 is 2.46 bits per heavy atom. The maximum absolute atomic E-state index is 14.3. The average Bonchev–Trinajstić information content (AvgIpc) is 3.91. The number of aliphatic hydroxyl groups excluding tert-OH is 1. The van der Waals surface area contributed by atoms with Crippen LogP contribution in [0, 0.1) is 17.8 Å². The van der Waals surface area contributed by atoms with Gasteiger partial charge in [0, 0.05) is 64.6 Å². The highest BCUT2D eigenvalue weighted by atomic mass is 35.5. The van der Waals surface area contributed by atoms with Gasteiger partial charge in [0.2, 0.25) is 17.7 Å². The van der Waals surface area contributed by atoms with E-state index < -0.39 is 77.1 Å². The molecule has 4 fully saturated rings. The van der Waals surface area contributed by atoms with Crippen molar-refractivity contribution in [3.05, 3.63) is 46.5 Å².